The van der Waals surface area contributed by atoms with E-state index in [-0.39, 0.29) is 5.28 Å². The standard InChI is InChI=1S/C11H14ClN7/c1-7-3-8(2)18(4-7)10-15-9(12)16-11(17-10)19-6-13-5-14-19/h5-8H,3-4H2,1-2H3. The van der Waals surface area contributed by atoms with E-state index < -0.39 is 0 Å². The third-order valence-electron chi connectivity index (χ3n) is 3.25. The Balaban J connectivity index is 1.98. The molecule has 19 heavy (non-hydrogen) atoms. The molecule has 2 aromatic heterocycles. The van der Waals surface area contributed by atoms with E-state index in [1.54, 1.807) is 0 Å². The molecule has 0 amide bonds. The molecule has 0 aliphatic carbocycles. The van der Waals surface area contributed by atoms with Gasteiger partial charge in [-0.05, 0) is 30.9 Å². The second-order valence-electron chi connectivity index (χ2n) is 4.89. The van der Waals surface area contributed by atoms with Crippen molar-refractivity contribution in [2.75, 3.05) is 11.4 Å². The quantitative estimate of drug-likeness (QED) is 0.826. The van der Waals surface area contributed by atoms with Gasteiger partial charge in [0, 0.05) is 12.6 Å². The second kappa shape index (κ2) is 4.73. The van der Waals surface area contributed by atoms with Crippen LogP contribution in [0.3, 0.4) is 0 Å². The minimum atomic E-state index is 0.169. The summed E-state index contributed by atoms with van der Waals surface area (Å²) in [5.74, 6) is 1.61. The summed E-state index contributed by atoms with van der Waals surface area (Å²) in [4.78, 5) is 18.7. The number of hydrogen-bond acceptors (Lipinski definition) is 6. The van der Waals surface area contributed by atoms with Crippen LogP contribution in [-0.2, 0) is 0 Å². The topological polar surface area (TPSA) is 72.6 Å². The first-order valence-electron chi connectivity index (χ1n) is 6.16. The molecule has 2 atom stereocenters. The lowest BCUT2D eigenvalue weighted by Gasteiger charge is -2.21. The van der Waals surface area contributed by atoms with Gasteiger partial charge in [0.05, 0.1) is 0 Å². The summed E-state index contributed by atoms with van der Waals surface area (Å²) in [7, 11) is 0. The van der Waals surface area contributed by atoms with Gasteiger partial charge in [0.25, 0.3) is 5.95 Å². The van der Waals surface area contributed by atoms with Crippen LogP contribution >= 0.6 is 11.6 Å². The Labute approximate surface area is 115 Å². The van der Waals surface area contributed by atoms with E-state index in [0.717, 1.165) is 13.0 Å². The Morgan fingerprint density at radius 2 is 2.00 bits per heavy atom. The van der Waals surface area contributed by atoms with E-state index in [1.807, 2.05) is 0 Å². The third kappa shape index (κ3) is 2.37. The fourth-order valence-electron chi connectivity index (χ4n) is 2.45. The van der Waals surface area contributed by atoms with E-state index in [0.29, 0.717) is 23.9 Å². The van der Waals surface area contributed by atoms with Gasteiger partial charge < -0.3 is 4.90 Å². The van der Waals surface area contributed by atoms with Crippen molar-refractivity contribution in [3.63, 3.8) is 0 Å². The van der Waals surface area contributed by atoms with Gasteiger partial charge in [-0.3, -0.25) is 0 Å². The molecular formula is C11H14ClN7. The number of halogens is 1. The van der Waals surface area contributed by atoms with Crippen LogP contribution in [0, 0.1) is 5.92 Å². The highest BCUT2D eigenvalue weighted by molar-refractivity contribution is 6.28. The Hall–Kier alpha value is -1.76. The van der Waals surface area contributed by atoms with Crippen molar-refractivity contribution < 1.29 is 0 Å². The summed E-state index contributed by atoms with van der Waals surface area (Å²) in [6.45, 7) is 5.31. The normalized spacial score (nSPS) is 23.0. The van der Waals surface area contributed by atoms with Gasteiger partial charge in [0.1, 0.15) is 12.7 Å². The fourth-order valence-corrected chi connectivity index (χ4v) is 2.60. The zero-order valence-electron chi connectivity index (χ0n) is 10.7. The van der Waals surface area contributed by atoms with Crippen LogP contribution < -0.4 is 4.90 Å². The Morgan fingerprint density at radius 1 is 1.21 bits per heavy atom. The number of aromatic nitrogens is 6. The molecule has 2 aromatic rings. The lowest BCUT2D eigenvalue weighted by molar-refractivity contribution is 0.624. The molecule has 1 aliphatic rings. The van der Waals surface area contributed by atoms with E-state index in [2.05, 4.69) is 43.8 Å². The predicted molar refractivity (Wildman–Crippen MR) is 70.3 cm³/mol. The zero-order valence-corrected chi connectivity index (χ0v) is 11.5. The van der Waals surface area contributed by atoms with Crippen molar-refractivity contribution in [1.29, 1.82) is 0 Å². The second-order valence-corrected chi connectivity index (χ2v) is 5.22. The molecule has 1 fully saturated rings. The van der Waals surface area contributed by atoms with Gasteiger partial charge in [-0.15, -0.1) is 0 Å². The van der Waals surface area contributed by atoms with Crippen molar-refractivity contribution >= 4 is 17.5 Å². The highest BCUT2D eigenvalue weighted by Crippen LogP contribution is 2.26. The van der Waals surface area contributed by atoms with Crippen LogP contribution in [0.15, 0.2) is 12.7 Å². The van der Waals surface area contributed by atoms with Crippen LogP contribution in [0.4, 0.5) is 5.95 Å². The van der Waals surface area contributed by atoms with Crippen LogP contribution in [0.2, 0.25) is 5.28 Å². The summed E-state index contributed by atoms with van der Waals surface area (Å²) < 4.78 is 1.47. The van der Waals surface area contributed by atoms with Crippen LogP contribution in [0.25, 0.3) is 5.95 Å². The molecular weight excluding hydrogens is 266 g/mol. The van der Waals surface area contributed by atoms with Crippen molar-refractivity contribution in [3.8, 4) is 5.95 Å². The highest BCUT2D eigenvalue weighted by atomic mass is 35.5. The number of anilines is 1. The maximum absolute atomic E-state index is 5.98. The average Bonchev–Trinajstić information content (AvgIpc) is 2.98. The van der Waals surface area contributed by atoms with Crippen LogP contribution in [0.5, 0.6) is 0 Å². The molecule has 8 heteroatoms. The maximum Gasteiger partial charge on any atom is 0.258 e. The number of hydrogen-bond donors (Lipinski definition) is 0. The average molecular weight is 280 g/mol. The van der Waals surface area contributed by atoms with Crippen molar-refractivity contribution in [3.05, 3.63) is 17.9 Å². The summed E-state index contributed by atoms with van der Waals surface area (Å²) in [5, 5.41) is 4.17. The van der Waals surface area contributed by atoms with E-state index in [1.165, 1.54) is 17.3 Å². The molecule has 0 bridgehead atoms. The highest BCUT2D eigenvalue weighted by Gasteiger charge is 2.28. The first kappa shape index (κ1) is 12.3. The molecule has 100 valence electrons. The molecule has 3 heterocycles. The Kier molecular flexibility index (Phi) is 3.06. The van der Waals surface area contributed by atoms with Gasteiger partial charge in [-0.2, -0.15) is 24.7 Å². The van der Waals surface area contributed by atoms with Crippen molar-refractivity contribution in [2.24, 2.45) is 5.92 Å². The smallest absolute Gasteiger partial charge is 0.258 e. The molecule has 0 spiro atoms. The minimum Gasteiger partial charge on any atom is -0.338 e. The van der Waals surface area contributed by atoms with Crippen LogP contribution in [0.1, 0.15) is 20.3 Å². The number of rotatable bonds is 2. The van der Waals surface area contributed by atoms with Gasteiger partial charge >= 0.3 is 0 Å². The molecule has 3 rings (SSSR count). The largest absolute Gasteiger partial charge is 0.338 e. The van der Waals surface area contributed by atoms with Crippen LogP contribution in [-0.4, -0.2) is 42.3 Å². The van der Waals surface area contributed by atoms with Gasteiger partial charge in [-0.25, -0.2) is 4.98 Å². The Bertz CT molecular complexity index is 570. The fraction of sp³-hybridized carbons (Fsp3) is 0.545. The summed E-state index contributed by atoms with van der Waals surface area (Å²) in [5.41, 5.74) is 0. The van der Waals surface area contributed by atoms with E-state index in [9.17, 15) is 0 Å². The van der Waals surface area contributed by atoms with E-state index in [4.69, 9.17) is 11.6 Å². The monoisotopic (exact) mass is 279 g/mol. The molecule has 0 aromatic carbocycles. The Morgan fingerprint density at radius 3 is 2.63 bits per heavy atom. The van der Waals surface area contributed by atoms with Crippen molar-refractivity contribution in [1.82, 2.24) is 29.7 Å². The van der Waals surface area contributed by atoms with Gasteiger partial charge in [0.2, 0.25) is 11.2 Å². The molecule has 0 saturated carbocycles. The first-order chi connectivity index (χ1) is 9.13. The lowest BCUT2D eigenvalue weighted by Crippen LogP contribution is -2.29. The molecule has 1 saturated heterocycles. The number of nitrogens with zero attached hydrogens (tertiary/aromatic N) is 7. The lowest BCUT2D eigenvalue weighted by atomic mass is 10.1. The SMILES string of the molecule is CC1CC(C)N(c2nc(Cl)nc(-n3cncn3)n2)C1. The maximum atomic E-state index is 5.98. The van der Waals surface area contributed by atoms with Crippen molar-refractivity contribution in [2.45, 2.75) is 26.3 Å². The van der Waals surface area contributed by atoms with E-state index >= 15 is 0 Å². The molecule has 0 radical (unpaired) electrons. The minimum absolute atomic E-state index is 0.169. The predicted octanol–water partition coefficient (Wildman–Crippen LogP) is 1.34. The summed E-state index contributed by atoms with van der Waals surface area (Å²) in [6, 6.07) is 0.400. The van der Waals surface area contributed by atoms with Gasteiger partial charge in [0.15, 0.2) is 0 Å². The molecule has 0 N–H and O–H groups in total. The zero-order chi connectivity index (χ0) is 13.4. The molecule has 7 nitrogen and oxygen atoms in total. The molecule has 1 aliphatic heterocycles. The summed E-state index contributed by atoms with van der Waals surface area (Å²) >= 11 is 5.98. The third-order valence-corrected chi connectivity index (χ3v) is 3.42. The summed E-state index contributed by atoms with van der Waals surface area (Å²) in [6.07, 6.45) is 4.09. The molecule has 2 unspecified atom stereocenters. The first-order valence-corrected chi connectivity index (χ1v) is 6.54. The van der Waals surface area contributed by atoms with Gasteiger partial charge in [-0.1, -0.05) is 6.92 Å².